The molecule has 6 nitrogen and oxygen atoms in total. The van der Waals surface area contributed by atoms with E-state index in [0.29, 0.717) is 34.2 Å². The first-order chi connectivity index (χ1) is 18.7. The number of rotatable bonds is 8. The van der Waals surface area contributed by atoms with E-state index in [-0.39, 0.29) is 5.82 Å². The molecular weight excluding hydrogens is 541 g/mol. The first-order valence-corrected chi connectivity index (χ1v) is 13.4. The Morgan fingerprint density at radius 1 is 1.03 bits per heavy atom. The zero-order valence-electron chi connectivity index (χ0n) is 21.2. The van der Waals surface area contributed by atoms with Crippen LogP contribution in [0.5, 0.6) is 5.75 Å². The van der Waals surface area contributed by atoms with E-state index in [0.717, 1.165) is 27.1 Å². The summed E-state index contributed by atoms with van der Waals surface area (Å²) in [5.74, 6) is -0.538. The summed E-state index contributed by atoms with van der Waals surface area (Å²) in [6.45, 7) is 1.70. The average molecular weight is 566 g/mol. The summed E-state index contributed by atoms with van der Waals surface area (Å²) in [5.41, 5.74) is 3.73. The van der Waals surface area contributed by atoms with Crippen molar-refractivity contribution in [2.75, 3.05) is 12.4 Å². The van der Waals surface area contributed by atoms with Crippen molar-refractivity contribution in [3.05, 3.63) is 94.1 Å². The zero-order chi connectivity index (χ0) is 27.7. The molecule has 1 heterocycles. The molecule has 39 heavy (non-hydrogen) atoms. The summed E-state index contributed by atoms with van der Waals surface area (Å²) in [6, 6.07) is 20.6. The smallest absolute Gasteiger partial charge is 0.412 e. The highest BCUT2D eigenvalue weighted by Crippen LogP contribution is 2.49. The summed E-state index contributed by atoms with van der Waals surface area (Å²) in [4.78, 5) is 25.0. The summed E-state index contributed by atoms with van der Waals surface area (Å²) < 4.78 is 24.9. The predicted octanol–water partition coefficient (Wildman–Crippen LogP) is 8.31. The molecule has 9 heteroatoms. The second kappa shape index (κ2) is 10.7. The van der Waals surface area contributed by atoms with Gasteiger partial charge in [0.1, 0.15) is 17.7 Å². The number of carbonyl (C=O) groups excluding carboxylic acids is 1. The molecule has 1 fully saturated rings. The summed E-state index contributed by atoms with van der Waals surface area (Å²) in [7, 11) is 1.58. The monoisotopic (exact) mass is 565 g/mol. The van der Waals surface area contributed by atoms with Gasteiger partial charge in [0.15, 0.2) is 0 Å². The highest BCUT2D eigenvalue weighted by molar-refractivity contribution is 7.20. The highest BCUT2D eigenvalue weighted by Gasteiger charge is 2.51. The Labute approximate surface area is 234 Å². The van der Waals surface area contributed by atoms with Crippen LogP contribution < -0.4 is 10.1 Å². The quantitative estimate of drug-likeness (QED) is 0.224. The van der Waals surface area contributed by atoms with Crippen LogP contribution in [0, 0.1) is 5.82 Å². The number of anilines is 1. The van der Waals surface area contributed by atoms with Gasteiger partial charge in [-0.05, 0) is 66.3 Å². The fourth-order valence-corrected chi connectivity index (χ4v) is 5.74. The van der Waals surface area contributed by atoms with E-state index in [2.05, 4.69) is 5.32 Å². The van der Waals surface area contributed by atoms with Gasteiger partial charge in [0, 0.05) is 5.56 Å². The minimum absolute atomic E-state index is 0.365. The van der Waals surface area contributed by atoms with E-state index in [1.807, 2.05) is 42.5 Å². The van der Waals surface area contributed by atoms with Crippen molar-refractivity contribution in [3.63, 3.8) is 0 Å². The number of amides is 1. The fourth-order valence-electron chi connectivity index (χ4n) is 4.56. The van der Waals surface area contributed by atoms with Crippen molar-refractivity contribution in [1.82, 2.24) is 0 Å². The number of ether oxygens (including phenoxy) is 2. The Kier molecular flexibility index (Phi) is 7.34. The van der Waals surface area contributed by atoms with E-state index in [9.17, 15) is 19.1 Å². The fraction of sp³-hybridized carbons (Fsp3) is 0.200. The lowest BCUT2D eigenvalue weighted by Gasteiger charge is -2.15. The third-order valence-electron chi connectivity index (χ3n) is 6.93. The van der Waals surface area contributed by atoms with Gasteiger partial charge in [0.2, 0.25) is 0 Å². The maximum Gasteiger partial charge on any atom is 0.412 e. The van der Waals surface area contributed by atoms with E-state index in [1.165, 1.54) is 23.5 Å². The second-order valence-electron chi connectivity index (χ2n) is 9.40. The van der Waals surface area contributed by atoms with Gasteiger partial charge in [-0.2, -0.15) is 0 Å². The van der Waals surface area contributed by atoms with Crippen molar-refractivity contribution in [1.29, 1.82) is 0 Å². The van der Waals surface area contributed by atoms with Crippen LogP contribution in [-0.2, 0) is 14.9 Å². The number of hydrogen-bond acceptors (Lipinski definition) is 5. The van der Waals surface area contributed by atoms with E-state index >= 15 is 0 Å². The van der Waals surface area contributed by atoms with Gasteiger partial charge in [0.25, 0.3) is 0 Å². The Bertz CT molecular complexity index is 1530. The first-order valence-electron chi connectivity index (χ1n) is 12.3. The lowest BCUT2D eigenvalue weighted by molar-refractivity contribution is -0.140. The topological polar surface area (TPSA) is 84.9 Å². The predicted molar refractivity (Wildman–Crippen MR) is 150 cm³/mol. The van der Waals surface area contributed by atoms with Crippen molar-refractivity contribution in [3.8, 4) is 27.3 Å². The number of aliphatic carboxylic acids is 1. The van der Waals surface area contributed by atoms with E-state index in [1.54, 1.807) is 32.2 Å². The number of carboxylic acids is 1. The molecule has 0 saturated heterocycles. The lowest BCUT2D eigenvalue weighted by Crippen LogP contribution is -2.19. The summed E-state index contributed by atoms with van der Waals surface area (Å²) in [5, 5.41) is 12.3. The standard InChI is InChI=1S/C30H25ClFNO5S/c1-17(18-5-10-22(32)11-6-18)38-29(36)33-24-16-26(31)39-27(24)20-7-12-23(25(15-20)37-2)19-3-8-21(9-4-19)30(13-14-30)28(34)35/h3-12,15-17H,13-14H2,1-2H3,(H,33,36)(H,34,35). The summed E-state index contributed by atoms with van der Waals surface area (Å²) in [6.07, 6.45) is 0.0521. The molecular formula is C30H25ClFNO5S. The van der Waals surface area contributed by atoms with Crippen LogP contribution in [0.15, 0.2) is 72.8 Å². The molecule has 1 saturated carbocycles. The largest absolute Gasteiger partial charge is 0.496 e. The van der Waals surface area contributed by atoms with Crippen LogP contribution in [-0.4, -0.2) is 24.3 Å². The number of benzene rings is 3. The molecule has 0 spiro atoms. The molecule has 200 valence electrons. The SMILES string of the molecule is COc1cc(-c2sc(Cl)cc2NC(=O)OC(C)c2ccc(F)cc2)ccc1-c1ccc(C2(C(=O)O)CC2)cc1. The van der Waals surface area contributed by atoms with Gasteiger partial charge in [0.05, 0.1) is 27.4 Å². The molecule has 2 N–H and O–H groups in total. The minimum atomic E-state index is -0.787. The van der Waals surface area contributed by atoms with Gasteiger partial charge >= 0.3 is 12.1 Å². The molecule has 4 aromatic rings. The van der Waals surface area contributed by atoms with Crippen molar-refractivity contribution < 1.29 is 28.6 Å². The molecule has 1 amide bonds. The number of carboxylic acid groups (broad SMARTS) is 1. The molecule has 1 atom stereocenters. The van der Waals surface area contributed by atoms with Crippen LogP contribution in [0.1, 0.15) is 37.0 Å². The average Bonchev–Trinajstić information content (AvgIpc) is 3.66. The molecule has 1 aliphatic carbocycles. The molecule has 3 aromatic carbocycles. The van der Waals surface area contributed by atoms with Gasteiger partial charge in [-0.15, -0.1) is 11.3 Å². The van der Waals surface area contributed by atoms with Gasteiger partial charge in [-0.25, -0.2) is 9.18 Å². The Balaban J connectivity index is 1.36. The minimum Gasteiger partial charge on any atom is -0.496 e. The molecule has 0 radical (unpaired) electrons. The molecule has 5 rings (SSSR count). The third-order valence-corrected chi connectivity index (χ3v) is 8.25. The second-order valence-corrected chi connectivity index (χ2v) is 11.1. The van der Waals surface area contributed by atoms with Gasteiger partial charge in [-0.1, -0.05) is 60.1 Å². The van der Waals surface area contributed by atoms with Crippen LogP contribution in [0.4, 0.5) is 14.9 Å². The lowest BCUT2D eigenvalue weighted by atomic mass is 9.93. The summed E-state index contributed by atoms with van der Waals surface area (Å²) >= 11 is 7.62. The highest BCUT2D eigenvalue weighted by atomic mass is 35.5. The Hall–Kier alpha value is -3.88. The van der Waals surface area contributed by atoms with E-state index < -0.39 is 23.6 Å². The Morgan fingerprint density at radius 3 is 2.31 bits per heavy atom. The Morgan fingerprint density at radius 2 is 1.69 bits per heavy atom. The van der Waals surface area contributed by atoms with E-state index in [4.69, 9.17) is 21.1 Å². The maximum atomic E-state index is 13.2. The normalized spacial score (nSPS) is 14.4. The van der Waals surface area contributed by atoms with Gasteiger partial charge in [-0.3, -0.25) is 10.1 Å². The molecule has 1 aromatic heterocycles. The number of nitrogens with one attached hydrogen (secondary N) is 1. The number of methoxy groups -OCH3 is 1. The van der Waals surface area contributed by atoms with Crippen molar-refractivity contribution in [2.45, 2.75) is 31.3 Å². The van der Waals surface area contributed by atoms with Crippen molar-refractivity contribution in [2.24, 2.45) is 0 Å². The number of hydrogen-bond donors (Lipinski definition) is 2. The maximum absolute atomic E-state index is 13.2. The third kappa shape index (κ3) is 5.48. The molecule has 0 bridgehead atoms. The molecule has 0 aliphatic heterocycles. The zero-order valence-corrected chi connectivity index (χ0v) is 22.7. The van der Waals surface area contributed by atoms with Crippen LogP contribution in [0.2, 0.25) is 4.34 Å². The van der Waals surface area contributed by atoms with Crippen LogP contribution in [0.3, 0.4) is 0 Å². The van der Waals surface area contributed by atoms with Crippen LogP contribution >= 0.6 is 22.9 Å². The first kappa shape index (κ1) is 26.7. The molecule has 1 aliphatic rings. The number of carbonyl (C=O) groups is 2. The number of thiophene rings is 1. The molecule has 1 unspecified atom stereocenters. The van der Waals surface area contributed by atoms with Crippen molar-refractivity contribution >= 4 is 40.7 Å². The van der Waals surface area contributed by atoms with Crippen LogP contribution in [0.25, 0.3) is 21.6 Å². The number of halogens is 2. The van der Waals surface area contributed by atoms with Gasteiger partial charge < -0.3 is 14.6 Å².